The highest BCUT2D eigenvalue weighted by atomic mass is 80.0. The molecule has 0 spiro atoms. The minimum Gasteiger partial charge on any atom is -1.00 e. The van der Waals surface area contributed by atoms with Gasteiger partial charge in [-0.05, 0) is 6.92 Å². The number of hydrogen-bond acceptors (Lipinski definition) is 0. The van der Waals surface area contributed by atoms with Crippen molar-refractivity contribution in [1.29, 1.82) is 0 Å². The first-order valence-corrected chi connectivity index (χ1v) is 13.0. The summed E-state index contributed by atoms with van der Waals surface area (Å²) in [6, 6.07) is 0. The summed E-state index contributed by atoms with van der Waals surface area (Å²) in [4.78, 5) is 0. The number of hydrogen-bond donors (Lipinski definition) is 0. The van der Waals surface area contributed by atoms with Gasteiger partial charge >= 0.3 is 8.67 Å². The number of nitrogens with zero attached hydrogens (tertiary/aromatic N) is 2. The van der Waals surface area contributed by atoms with Gasteiger partial charge < -0.3 is 17.0 Å². The van der Waals surface area contributed by atoms with Crippen LogP contribution in [0.25, 0.3) is 0 Å². The quantitative estimate of drug-likeness (QED) is 0.397. The molecule has 0 aliphatic rings. The SMILES string of the molecule is CCn1cc[n+](C)c1.[Br-].[Br][Al]([Br])[Br]. The van der Waals surface area contributed by atoms with Crippen LogP contribution in [0.5, 0.6) is 0 Å². The molecule has 2 nitrogen and oxygen atoms in total. The molecule has 1 heterocycles. The molecule has 0 unspecified atom stereocenters. The minimum atomic E-state index is -0.701. The smallest absolute Gasteiger partial charge is 0.542 e. The van der Waals surface area contributed by atoms with Crippen molar-refractivity contribution in [1.82, 2.24) is 4.57 Å². The standard InChI is InChI=1S/C6H11N2.Al.4BrH/c1-3-8-5-4-7(2)6-8;;;;;/h4-6H,3H2,1-2H3;;4*1H/q+1;+3;;;;/p-4. The number of halogens is 4. The van der Waals surface area contributed by atoms with Crippen LogP contribution in [0, 0.1) is 0 Å². The fourth-order valence-electron chi connectivity index (χ4n) is 0.689. The second-order valence-electron chi connectivity index (χ2n) is 2.16. The first-order valence-electron chi connectivity index (χ1n) is 3.49. The summed E-state index contributed by atoms with van der Waals surface area (Å²) in [7, 11) is 1.32. The second-order valence-corrected chi connectivity index (χ2v) is 22.0. The lowest BCUT2D eigenvalue weighted by Gasteiger charge is -1.81. The summed E-state index contributed by atoms with van der Waals surface area (Å²) >= 11 is 9.73. The Morgan fingerprint density at radius 3 is 2.00 bits per heavy atom. The third kappa shape index (κ3) is 11.6. The molecular formula is C6H11AlBr4N2. The first-order chi connectivity index (χ1) is 5.56. The van der Waals surface area contributed by atoms with Crippen LogP contribution < -0.4 is 21.5 Å². The normalized spacial score (nSPS) is 8.08. The molecule has 0 radical (unpaired) electrons. The van der Waals surface area contributed by atoms with E-state index in [4.69, 9.17) is 0 Å². The molecule has 7 heteroatoms. The summed E-state index contributed by atoms with van der Waals surface area (Å²) in [5.74, 6) is 0. The topological polar surface area (TPSA) is 8.81 Å². The average Bonchev–Trinajstić information content (AvgIpc) is 2.34. The van der Waals surface area contributed by atoms with Crippen molar-refractivity contribution >= 4 is 50.8 Å². The van der Waals surface area contributed by atoms with Crippen molar-refractivity contribution in [3.63, 3.8) is 0 Å². The molecule has 1 rings (SSSR count). The van der Waals surface area contributed by atoms with Gasteiger partial charge in [0.15, 0.2) is 0 Å². The van der Waals surface area contributed by atoms with Gasteiger partial charge in [0.1, 0.15) is 12.4 Å². The van der Waals surface area contributed by atoms with E-state index in [1.807, 2.05) is 17.8 Å². The Morgan fingerprint density at radius 2 is 1.85 bits per heavy atom. The molecule has 0 aliphatic carbocycles. The van der Waals surface area contributed by atoms with Gasteiger partial charge in [0, 0.05) is 0 Å². The summed E-state index contributed by atoms with van der Waals surface area (Å²) in [6.07, 6.45) is 6.14. The van der Waals surface area contributed by atoms with Gasteiger partial charge in [0.2, 0.25) is 6.33 Å². The Morgan fingerprint density at radius 1 is 1.38 bits per heavy atom. The van der Waals surface area contributed by atoms with Gasteiger partial charge in [-0.25, -0.2) is 9.13 Å². The Kier molecular flexibility index (Phi) is 13.4. The van der Waals surface area contributed by atoms with E-state index in [9.17, 15) is 0 Å². The van der Waals surface area contributed by atoms with Crippen LogP contribution in [0.15, 0.2) is 18.7 Å². The Hall–Kier alpha value is 1.66. The van der Waals surface area contributed by atoms with Crippen LogP contribution in [-0.4, -0.2) is 13.2 Å². The largest absolute Gasteiger partial charge is 1.00 e. The van der Waals surface area contributed by atoms with Crippen molar-refractivity contribution in [2.45, 2.75) is 13.5 Å². The Balaban J connectivity index is 0. The molecule has 1 aromatic rings. The van der Waals surface area contributed by atoms with Crippen LogP contribution >= 0.6 is 42.2 Å². The van der Waals surface area contributed by atoms with Gasteiger partial charge in [0.25, 0.3) is 0 Å². The van der Waals surface area contributed by atoms with E-state index in [1.165, 1.54) is 0 Å². The average molecular weight is 458 g/mol. The van der Waals surface area contributed by atoms with Gasteiger partial charge in [0.05, 0.1) is 13.6 Å². The molecule has 76 valence electrons. The maximum atomic E-state index is 3.24. The zero-order valence-electron chi connectivity index (χ0n) is 7.42. The number of rotatable bonds is 1. The molecule has 0 fully saturated rings. The zero-order chi connectivity index (χ0) is 9.56. The molecule has 1 aromatic heterocycles. The molecule has 0 amide bonds. The molecule has 0 aromatic carbocycles. The van der Waals surface area contributed by atoms with Gasteiger partial charge in [-0.3, -0.25) is 0 Å². The highest BCUT2D eigenvalue weighted by Crippen LogP contribution is 2.07. The summed E-state index contributed by atoms with van der Waals surface area (Å²) in [5.41, 5.74) is 0. The van der Waals surface area contributed by atoms with Crippen molar-refractivity contribution in [3.05, 3.63) is 18.7 Å². The zero-order valence-corrected chi connectivity index (χ0v) is 14.9. The number of imidazole rings is 1. The molecule has 0 bridgehead atoms. The predicted molar refractivity (Wildman–Crippen MR) is 63.8 cm³/mol. The maximum absolute atomic E-state index is 3.24. The summed E-state index contributed by atoms with van der Waals surface area (Å²) in [5, 5.41) is 0. The van der Waals surface area contributed by atoms with E-state index in [1.54, 1.807) is 0 Å². The van der Waals surface area contributed by atoms with Crippen molar-refractivity contribution in [2.24, 2.45) is 7.05 Å². The third-order valence-electron chi connectivity index (χ3n) is 1.19. The summed E-state index contributed by atoms with van der Waals surface area (Å²) in [6.45, 7) is 3.18. The molecule has 13 heavy (non-hydrogen) atoms. The molecule has 0 saturated carbocycles. The van der Waals surface area contributed by atoms with E-state index in [0.29, 0.717) is 0 Å². The summed E-state index contributed by atoms with van der Waals surface area (Å²) < 4.78 is 4.16. The Bertz CT molecular complexity index is 213. The van der Waals surface area contributed by atoms with E-state index in [0.717, 1.165) is 6.54 Å². The van der Waals surface area contributed by atoms with E-state index in [2.05, 4.69) is 66.2 Å². The minimum absolute atomic E-state index is 0. The van der Waals surface area contributed by atoms with Gasteiger partial charge in [-0.15, -0.1) is 0 Å². The second kappa shape index (κ2) is 10.2. The Labute approximate surface area is 115 Å². The van der Waals surface area contributed by atoms with Crippen LogP contribution in [-0.2, 0) is 13.6 Å². The molecule has 0 N–H and O–H groups in total. The van der Waals surface area contributed by atoms with Crippen LogP contribution in [0.3, 0.4) is 0 Å². The molecule has 0 atom stereocenters. The van der Waals surface area contributed by atoms with Crippen molar-refractivity contribution in [3.8, 4) is 0 Å². The lowest BCUT2D eigenvalue weighted by atomic mass is 10.7. The van der Waals surface area contributed by atoms with Gasteiger partial charge in [-0.2, -0.15) is 42.2 Å². The highest BCUT2D eigenvalue weighted by molar-refractivity contribution is 9.69. The van der Waals surface area contributed by atoms with Crippen molar-refractivity contribution in [2.75, 3.05) is 0 Å². The van der Waals surface area contributed by atoms with E-state index < -0.39 is 8.67 Å². The van der Waals surface area contributed by atoms with Crippen LogP contribution in [0.4, 0.5) is 0 Å². The predicted octanol–water partition coefficient (Wildman–Crippen LogP) is -0.508. The van der Waals surface area contributed by atoms with Crippen molar-refractivity contribution < 1.29 is 21.5 Å². The van der Waals surface area contributed by atoms with Gasteiger partial charge in [-0.1, -0.05) is 0 Å². The van der Waals surface area contributed by atoms with E-state index in [-0.39, 0.29) is 17.0 Å². The monoisotopic (exact) mass is 454 g/mol. The van der Waals surface area contributed by atoms with Crippen LogP contribution in [0.2, 0.25) is 0 Å². The fourth-order valence-corrected chi connectivity index (χ4v) is 0.689. The fraction of sp³-hybridized carbons (Fsp3) is 0.500. The molecule has 0 aliphatic heterocycles. The number of aryl methyl sites for hydroxylation is 2. The first kappa shape index (κ1) is 17.1. The maximum Gasteiger partial charge on any atom is 0.542 e. The lowest BCUT2D eigenvalue weighted by molar-refractivity contribution is -0.671. The molecular weight excluding hydrogens is 447 g/mol. The lowest BCUT2D eigenvalue weighted by Crippen LogP contribution is -3.00. The highest BCUT2D eigenvalue weighted by Gasteiger charge is 1.95. The van der Waals surface area contributed by atoms with Crippen LogP contribution in [0.1, 0.15) is 6.92 Å². The third-order valence-corrected chi connectivity index (χ3v) is 1.19. The number of aromatic nitrogens is 2. The molecule has 0 saturated heterocycles. The van der Waals surface area contributed by atoms with E-state index >= 15 is 0 Å².